The van der Waals surface area contributed by atoms with Gasteiger partial charge in [-0.3, -0.25) is 4.98 Å². The van der Waals surface area contributed by atoms with E-state index >= 15 is 0 Å². The lowest BCUT2D eigenvalue weighted by Crippen LogP contribution is -2.07. The van der Waals surface area contributed by atoms with Gasteiger partial charge in [0.2, 0.25) is 0 Å². The highest BCUT2D eigenvalue weighted by Gasteiger charge is 2.15. The van der Waals surface area contributed by atoms with Gasteiger partial charge in [-0.2, -0.15) is 5.10 Å². The summed E-state index contributed by atoms with van der Waals surface area (Å²) in [5.41, 5.74) is 2.82. The zero-order valence-electron chi connectivity index (χ0n) is 17.3. The second-order valence-corrected chi connectivity index (χ2v) is 7.38. The Kier molecular flexibility index (Phi) is 6.75. The Balaban J connectivity index is 1.84. The van der Waals surface area contributed by atoms with E-state index in [1.165, 1.54) is 12.3 Å². The van der Waals surface area contributed by atoms with Crippen LogP contribution in [0, 0.1) is 0 Å². The zero-order valence-corrected chi connectivity index (χ0v) is 17.3. The normalized spacial score (nSPS) is 12.1. The van der Waals surface area contributed by atoms with Crippen LogP contribution in [0.4, 0.5) is 0 Å². The molecule has 2 aromatic heterocycles. The van der Waals surface area contributed by atoms with Crippen LogP contribution < -0.4 is 0 Å². The van der Waals surface area contributed by atoms with Crippen LogP contribution in [0.1, 0.15) is 73.5 Å². The van der Waals surface area contributed by atoms with Gasteiger partial charge in [-0.25, -0.2) is 14.5 Å². The molecule has 3 rings (SSSR count). The first-order valence-corrected chi connectivity index (χ1v) is 10.2. The first-order valence-electron chi connectivity index (χ1n) is 10.2. The van der Waals surface area contributed by atoms with Crippen molar-refractivity contribution in [2.24, 2.45) is 0 Å². The number of aromatic nitrogens is 4. The van der Waals surface area contributed by atoms with Crippen LogP contribution in [0.5, 0.6) is 0 Å². The fourth-order valence-corrected chi connectivity index (χ4v) is 3.21. The predicted octanol–water partition coefficient (Wildman–Crippen LogP) is 4.94. The molecule has 6 nitrogen and oxygen atoms in total. The van der Waals surface area contributed by atoms with Crippen LogP contribution in [0.2, 0.25) is 0 Å². The number of benzene rings is 1. The number of hydrogen-bond donors (Lipinski definition) is 1. The number of carbonyl (C=O) groups is 1. The van der Waals surface area contributed by atoms with Crippen LogP contribution in [0.15, 0.2) is 42.7 Å². The first kappa shape index (κ1) is 20.7. The van der Waals surface area contributed by atoms with Gasteiger partial charge in [0.05, 0.1) is 12.1 Å². The molecule has 0 amide bonds. The predicted molar refractivity (Wildman–Crippen MR) is 113 cm³/mol. The molecule has 152 valence electrons. The summed E-state index contributed by atoms with van der Waals surface area (Å²) < 4.78 is 2.01. The molecule has 0 spiro atoms. The van der Waals surface area contributed by atoms with Crippen LogP contribution in [0.3, 0.4) is 0 Å². The summed E-state index contributed by atoms with van der Waals surface area (Å²) in [6.07, 6.45) is 7.25. The average molecular weight is 393 g/mol. The minimum absolute atomic E-state index is 0.254. The Morgan fingerprint density at radius 3 is 2.59 bits per heavy atom. The maximum absolute atomic E-state index is 11.5. The standard InChI is InChI=1S/C23H28N4O2/c1-4-6-7-21-25-22(16(3)5-2)26-27(21)15-17-8-10-18(11-9-17)20-14-24-13-12-19(20)23(28)29/h8-14,16H,4-7,15H2,1-3H3,(H,28,29). The van der Waals surface area contributed by atoms with Crippen molar-refractivity contribution in [3.63, 3.8) is 0 Å². The van der Waals surface area contributed by atoms with Crippen molar-refractivity contribution in [1.82, 2.24) is 19.7 Å². The fraction of sp³-hybridized carbons (Fsp3) is 0.391. The molecular formula is C23H28N4O2. The molecule has 0 aliphatic carbocycles. The zero-order chi connectivity index (χ0) is 20.8. The highest BCUT2D eigenvalue weighted by molar-refractivity contribution is 5.95. The largest absolute Gasteiger partial charge is 0.478 e. The van der Waals surface area contributed by atoms with Gasteiger partial charge in [0, 0.05) is 30.3 Å². The Hall–Kier alpha value is -3.02. The van der Waals surface area contributed by atoms with E-state index in [9.17, 15) is 9.90 Å². The number of rotatable bonds is 9. The van der Waals surface area contributed by atoms with E-state index in [1.54, 1.807) is 6.20 Å². The molecule has 0 radical (unpaired) electrons. The minimum Gasteiger partial charge on any atom is -0.478 e. The quantitative estimate of drug-likeness (QED) is 0.558. The first-order chi connectivity index (χ1) is 14.0. The van der Waals surface area contributed by atoms with Gasteiger partial charge >= 0.3 is 5.97 Å². The molecule has 1 aromatic carbocycles. The average Bonchev–Trinajstić information content (AvgIpc) is 3.14. The van der Waals surface area contributed by atoms with Crippen LogP contribution in [0.25, 0.3) is 11.1 Å². The molecule has 0 aliphatic rings. The van der Waals surface area contributed by atoms with Gasteiger partial charge in [-0.1, -0.05) is 51.5 Å². The molecule has 6 heteroatoms. The number of aromatic carboxylic acids is 1. The topological polar surface area (TPSA) is 80.9 Å². The van der Waals surface area contributed by atoms with E-state index < -0.39 is 5.97 Å². The molecule has 1 unspecified atom stereocenters. The summed E-state index contributed by atoms with van der Waals surface area (Å²) in [6.45, 7) is 7.14. The molecule has 0 bridgehead atoms. The summed E-state index contributed by atoms with van der Waals surface area (Å²) in [5, 5.41) is 14.2. The van der Waals surface area contributed by atoms with Crippen molar-refractivity contribution in [2.45, 2.75) is 58.9 Å². The number of unbranched alkanes of at least 4 members (excludes halogenated alkanes) is 1. The summed E-state index contributed by atoms with van der Waals surface area (Å²) in [4.78, 5) is 20.3. The Morgan fingerprint density at radius 1 is 1.17 bits per heavy atom. The van der Waals surface area contributed by atoms with Gasteiger partial charge in [0.15, 0.2) is 5.82 Å². The molecule has 3 aromatic rings. The smallest absolute Gasteiger partial charge is 0.336 e. The molecule has 0 saturated heterocycles. The number of carboxylic acids is 1. The summed E-state index contributed by atoms with van der Waals surface area (Å²) in [6, 6.07) is 9.44. The number of nitrogens with zero attached hydrogens (tertiary/aromatic N) is 4. The van der Waals surface area contributed by atoms with Crippen LogP contribution >= 0.6 is 0 Å². The fourth-order valence-electron chi connectivity index (χ4n) is 3.21. The molecule has 0 saturated carbocycles. The van der Waals surface area contributed by atoms with E-state index in [-0.39, 0.29) is 5.56 Å². The summed E-state index contributed by atoms with van der Waals surface area (Å²) in [5.74, 6) is 1.34. The lowest BCUT2D eigenvalue weighted by Gasteiger charge is -2.09. The van der Waals surface area contributed by atoms with Gasteiger partial charge in [-0.15, -0.1) is 0 Å². The van der Waals surface area contributed by atoms with Crippen molar-refractivity contribution in [3.05, 3.63) is 65.5 Å². The summed E-state index contributed by atoms with van der Waals surface area (Å²) >= 11 is 0. The minimum atomic E-state index is -0.952. The summed E-state index contributed by atoms with van der Waals surface area (Å²) in [7, 11) is 0. The number of hydrogen-bond acceptors (Lipinski definition) is 4. The van der Waals surface area contributed by atoms with Crippen LogP contribution in [-0.4, -0.2) is 30.8 Å². The molecule has 1 atom stereocenters. The van der Waals surface area contributed by atoms with Crippen LogP contribution in [-0.2, 0) is 13.0 Å². The second kappa shape index (κ2) is 9.45. The SMILES string of the molecule is CCCCc1nc(C(C)CC)nn1Cc1ccc(-c2cnccc2C(=O)O)cc1. The van der Waals surface area contributed by atoms with Gasteiger partial charge < -0.3 is 5.11 Å². The van der Waals surface area contributed by atoms with Crippen molar-refractivity contribution in [1.29, 1.82) is 0 Å². The van der Waals surface area contributed by atoms with E-state index in [1.807, 2.05) is 28.9 Å². The molecule has 0 aliphatic heterocycles. The van der Waals surface area contributed by atoms with E-state index in [4.69, 9.17) is 10.1 Å². The highest BCUT2D eigenvalue weighted by atomic mass is 16.4. The van der Waals surface area contributed by atoms with Crippen molar-refractivity contribution in [3.8, 4) is 11.1 Å². The van der Waals surface area contributed by atoms with Crippen molar-refractivity contribution in [2.75, 3.05) is 0 Å². The van der Waals surface area contributed by atoms with E-state index in [0.717, 1.165) is 48.5 Å². The monoisotopic (exact) mass is 392 g/mol. The lowest BCUT2D eigenvalue weighted by molar-refractivity contribution is 0.0697. The van der Waals surface area contributed by atoms with Gasteiger partial charge in [0.25, 0.3) is 0 Å². The maximum atomic E-state index is 11.5. The Morgan fingerprint density at radius 2 is 1.93 bits per heavy atom. The van der Waals surface area contributed by atoms with Gasteiger partial charge in [0.1, 0.15) is 5.82 Å². The number of carboxylic acid groups (broad SMARTS) is 1. The second-order valence-electron chi connectivity index (χ2n) is 7.38. The third-order valence-electron chi connectivity index (χ3n) is 5.22. The number of pyridine rings is 1. The molecule has 0 fully saturated rings. The Bertz CT molecular complexity index is 963. The third kappa shape index (κ3) is 4.88. The molecule has 29 heavy (non-hydrogen) atoms. The Labute approximate surface area is 171 Å². The lowest BCUT2D eigenvalue weighted by atomic mass is 10.0. The van der Waals surface area contributed by atoms with Gasteiger partial charge in [-0.05, 0) is 30.0 Å². The third-order valence-corrected chi connectivity index (χ3v) is 5.22. The molecular weight excluding hydrogens is 364 g/mol. The van der Waals surface area contributed by atoms with E-state index in [0.29, 0.717) is 18.0 Å². The molecule has 1 N–H and O–H groups in total. The highest BCUT2D eigenvalue weighted by Crippen LogP contribution is 2.24. The van der Waals surface area contributed by atoms with Crippen molar-refractivity contribution < 1.29 is 9.90 Å². The molecule has 2 heterocycles. The van der Waals surface area contributed by atoms with Crippen molar-refractivity contribution >= 4 is 5.97 Å². The van der Waals surface area contributed by atoms with E-state index in [2.05, 4.69) is 25.8 Å². The maximum Gasteiger partial charge on any atom is 0.336 e. The number of aryl methyl sites for hydroxylation is 1.